The van der Waals surface area contributed by atoms with Crippen LogP contribution in [0.15, 0.2) is 34.4 Å². The maximum absolute atomic E-state index is 11.8. The molecule has 4 heteroatoms. The van der Waals surface area contributed by atoms with Crippen molar-refractivity contribution in [3.05, 3.63) is 44.9 Å². The molecule has 0 aliphatic rings. The van der Waals surface area contributed by atoms with Gasteiger partial charge in [0.05, 0.1) is 5.69 Å². The van der Waals surface area contributed by atoms with Crippen molar-refractivity contribution in [3.8, 4) is 11.3 Å². The van der Waals surface area contributed by atoms with Crippen molar-refractivity contribution < 1.29 is 0 Å². The molecule has 18 heavy (non-hydrogen) atoms. The normalized spacial score (nSPS) is 10.8. The minimum atomic E-state index is 0.114. The lowest BCUT2D eigenvalue weighted by Crippen LogP contribution is -2.15. The van der Waals surface area contributed by atoms with E-state index in [1.807, 2.05) is 9.95 Å². The Labute approximate surface area is 111 Å². The van der Waals surface area contributed by atoms with Gasteiger partial charge in [0.25, 0.3) is 0 Å². The number of unbranched alkanes of at least 4 members (excludes halogenated alkanes) is 1. The summed E-state index contributed by atoms with van der Waals surface area (Å²) in [4.78, 5) is 11.9. The van der Waals surface area contributed by atoms with Crippen molar-refractivity contribution in [1.82, 2.24) is 4.57 Å². The second-order valence-electron chi connectivity index (χ2n) is 4.40. The first-order chi connectivity index (χ1) is 8.72. The van der Waals surface area contributed by atoms with E-state index in [2.05, 4.69) is 31.2 Å². The van der Waals surface area contributed by atoms with Crippen LogP contribution in [0.2, 0.25) is 0 Å². The largest absolute Gasteiger partial charge is 0.330 e. The van der Waals surface area contributed by atoms with Gasteiger partial charge in [-0.3, -0.25) is 9.36 Å². The molecule has 0 aliphatic carbocycles. The molecule has 0 saturated heterocycles. The van der Waals surface area contributed by atoms with E-state index in [9.17, 15) is 4.79 Å². The molecule has 96 valence electrons. The SMILES string of the molecule is Cc1ccc(-c2csc(=O)n2CCCCN)cc1. The molecule has 1 aromatic carbocycles. The van der Waals surface area contributed by atoms with Crippen LogP contribution < -0.4 is 10.6 Å². The van der Waals surface area contributed by atoms with Gasteiger partial charge >= 0.3 is 4.87 Å². The topological polar surface area (TPSA) is 48.0 Å². The monoisotopic (exact) mass is 262 g/mol. The minimum absolute atomic E-state index is 0.114. The third-order valence-corrected chi connectivity index (χ3v) is 3.73. The van der Waals surface area contributed by atoms with Crippen LogP contribution in [0, 0.1) is 6.92 Å². The molecule has 2 N–H and O–H groups in total. The number of hydrogen-bond donors (Lipinski definition) is 1. The lowest BCUT2D eigenvalue weighted by atomic mass is 10.1. The Kier molecular flexibility index (Phi) is 4.33. The summed E-state index contributed by atoms with van der Waals surface area (Å²) in [5.41, 5.74) is 8.83. The Morgan fingerprint density at radius 1 is 1.22 bits per heavy atom. The number of hydrogen-bond acceptors (Lipinski definition) is 3. The first kappa shape index (κ1) is 13.1. The molecule has 0 saturated carbocycles. The van der Waals surface area contributed by atoms with Crippen LogP contribution in [0.5, 0.6) is 0 Å². The lowest BCUT2D eigenvalue weighted by molar-refractivity contribution is 0.613. The van der Waals surface area contributed by atoms with Crippen molar-refractivity contribution in [2.45, 2.75) is 26.3 Å². The second kappa shape index (κ2) is 5.98. The molecule has 1 aromatic heterocycles. The molecular weight excluding hydrogens is 244 g/mol. The number of nitrogens with two attached hydrogens (primary N) is 1. The van der Waals surface area contributed by atoms with Crippen molar-refractivity contribution >= 4 is 11.3 Å². The van der Waals surface area contributed by atoms with Crippen LogP contribution in [0.25, 0.3) is 11.3 Å². The van der Waals surface area contributed by atoms with Crippen LogP contribution >= 0.6 is 11.3 Å². The second-order valence-corrected chi connectivity index (χ2v) is 5.22. The van der Waals surface area contributed by atoms with Crippen molar-refractivity contribution in [2.75, 3.05) is 6.54 Å². The Hall–Kier alpha value is -1.39. The lowest BCUT2D eigenvalue weighted by Gasteiger charge is -2.07. The maximum Gasteiger partial charge on any atom is 0.307 e. The fraction of sp³-hybridized carbons (Fsp3) is 0.357. The average Bonchev–Trinajstić information content (AvgIpc) is 2.73. The van der Waals surface area contributed by atoms with E-state index in [1.54, 1.807) is 0 Å². The molecule has 0 fully saturated rings. The molecule has 0 atom stereocenters. The molecule has 2 rings (SSSR count). The molecule has 0 radical (unpaired) electrons. The average molecular weight is 262 g/mol. The fourth-order valence-electron chi connectivity index (χ4n) is 1.91. The number of nitrogens with zero attached hydrogens (tertiary/aromatic N) is 1. The van der Waals surface area contributed by atoms with Gasteiger partial charge in [0.1, 0.15) is 0 Å². The highest BCUT2D eigenvalue weighted by molar-refractivity contribution is 7.07. The van der Waals surface area contributed by atoms with Gasteiger partial charge in [0.2, 0.25) is 0 Å². The molecule has 0 spiro atoms. The summed E-state index contributed by atoms with van der Waals surface area (Å²) in [6.07, 6.45) is 1.90. The van der Waals surface area contributed by atoms with Gasteiger partial charge in [-0.1, -0.05) is 41.2 Å². The number of rotatable bonds is 5. The Balaban J connectivity index is 2.27. The van der Waals surface area contributed by atoms with Gasteiger partial charge in [0, 0.05) is 11.9 Å². The summed E-state index contributed by atoms with van der Waals surface area (Å²) in [6, 6.07) is 8.27. The summed E-state index contributed by atoms with van der Waals surface area (Å²) in [5.74, 6) is 0. The predicted molar refractivity (Wildman–Crippen MR) is 77.0 cm³/mol. The van der Waals surface area contributed by atoms with E-state index in [0.29, 0.717) is 6.54 Å². The van der Waals surface area contributed by atoms with Gasteiger partial charge in [-0.2, -0.15) is 0 Å². The molecule has 2 aromatic rings. The molecule has 0 unspecified atom stereocenters. The van der Waals surface area contributed by atoms with Gasteiger partial charge in [-0.15, -0.1) is 0 Å². The summed E-state index contributed by atoms with van der Waals surface area (Å²) < 4.78 is 1.85. The zero-order valence-electron chi connectivity index (χ0n) is 10.6. The van der Waals surface area contributed by atoms with Crippen molar-refractivity contribution in [3.63, 3.8) is 0 Å². The fourth-order valence-corrected chi connectivity index (χ4v) is 2.70. The number of benzene rings is 1. The highest BCUT2D eigenvalue weighted by atomic mass is 32.1. The molecule has 1 heterocycles. The summed E-state index contributed by atoms with van der Waals surface area (Å²) in [7, 11) is 0. The van der Waals surface area contributed by atoms with E-state index < -0.39 is 0 Å². The zero-order valence-corrected chi connectivity index (χ0v) is 11.4. The highest BCUT2D eigenvalue weighted by Gasteiger charge is 2.08. The molecule has 0 amide bonds. The summed E-state index contributed by atoms with van der Waals surface area (Å²) in [5, 5.41) is 1.94. The van der Waals surface area contributed by atoms with Crippen molar-refractivity contribution in [1.29, 1.82) is 0 Å². The Morgan fingerprint density at radius 2 is 1.94 bits per heavy atom. The standard InChI is InChI=1S/C14H18N2OS/c1-11-4-6-12(7-5-11)13-10-18-14(17)16(13)9-3-2-8-15/h4-7,10H,2-3,8-9,15H2,1H3. The van der Waals surface area contributed by atoms with Gasteiger partial charge in [-0.05, 0) is 31.9 Å². The number of thiazole rings is 1. The molecule has 0 bridgehead atoms. The first-order valence-corrected chi connectivity index (χ1v) is 7.06. The van der Waals surface area contributed by atoms with Crippen molar-refractivity contribution in [2.24, 2.45) is 5.73 Å². The highest BCUT2D eigenvalue weighted by Crippen LogP contribution is 2.20. The third-order valence-electron chi connectivity index (χ3n) is 2.97. The van der Waals surface area contributed by atoms with E-state index in [-0.39, 0.29) is 4.87 Å². The predicted octanol–water partition coefficient (Wildman–Crippen LogP) is 2.62. The van der Waals surface area contributed by atoms with E-state index in [0.717, 1.165) is 30.6 Å². The van der Waals surface area contributed by atoms with E-state index >= 15 is 0 Å². The Bertz CT molecular complexity index is 554. The number of aryl methyl sites for hydroxylation is 1. The Morgan fingerprint density at radius 3 is 2.61 bits per heavy atom. The van der Waals surface area contributed by atoms with Gasteiger partial charge < -0.3 is 5.73 Å². The third kappa shape index (κ3) is 2.89. The quantitative estimate of drug-likeness (QED) is 0.842. The van der Waals surface area contributed by atoms with Crippen LogP contribution in [0.3, 0.4) is 0 Å². The van der Waals surface area contributed by atoms with Gasteiger partial charge in [-0.25, -0.2) is 0 Å². The zero-order chi connectivity index (χ0) is 13.0. The van der Waals surface area contributed by atoms with Crippen LogP contribution in [-0.2, 0) is 6.54 Å². The van der Waals surface area contributed by atoms with Crippen LogP contribution in [-0.4, -0.2) is 11.1 Å². The molecular formula is C14H18N2OS. The van der Waals surface area contributed by atoms with Gasteiger partial charge in [0.15, 0.2) is 0 Å². The van der Waals surface area contributed by atoms with E-state index in [1.165, 1.54) is 16.9 Å². The maximum atomic E-state index is 11.8. The summed E-state index contributed by atoms with van der Waals surface area (Å²) in [6.45, 7) is 3.49. The molecule has 0 aliphatic heterocycles. The van der Waals surface area contributed by atoms with Crippen LogP contribution in [0.4, 0.5) is 0 Å². The molecule has 3 nitrogen and oxygen atoms in total. The smallest absolute Gasteiger partial charge is 0.307 e. The first-order valence-electron chi connectivity index (χ1n) is 6.18. The minimum Gasteiger partial charge on any atom is -0.330 e. The summed E-state index contributed by atoms with van der Waals surface area (Å²) >= 11 is 1.26. The van der Waals surface area contributed by atoms with E-state index in [4.69, 9.17) is 5.73 Å². The number of aromatic nitrogens is 1. The van der Waals surface area contributed by atoms with Crippen LogP contribution in [0.1, 0.15) is 18.4 Å².